The maximum atomic E-state index is 12.6. The van der Waals surface area contributed by atoms with Gasteiger partial charge in [-0.1, -0.05) is 65.0 Å². The molecule has 60 heavy (non-hydrogen) atoms. The van der Waals surface area contributed by atoms with Crippen molar-refractivity contribution in [3.05, 3.63) is 11.1 Å². The molecule has 0 heterocycles. The number of hydrogen-bond donors (Lipinski definition) is 4. The zero-order chi connectivity index (χ0) is 44.1. The monoisotopic (exact) mass is 855 g/mol. The van der Waals surface area contributed by atoms with Crippen LogP contribution in [0.15, 0.2) is 11.1 Å². The predicted molar refractivity (Wildman–Crippen MR) is 241 cm³/mol. The average molecular weight is 855 g/mol. The van der Waals surface area contributed by atoms with Gasteiger partial charge in [-0.25, -0.2) is 0 Å². The summed E-state index contributed by atoms with van der Waals surface area (Å²) in [6.45, 7) is 21.8. The fourth-order valence-electron chi connectivity index (χ4n) is 7.57. The molecule has 13 nitrogen and oxygen atoms in total. The predicted octanol–water partition coefficient (Wildman–Crippen LogP) is 6.91. The van der Waals surface area contributed by atoms with Crippen LogP contribution in [0.3, 0.4) is 0 Å². The minimum Gasteiger partial charge on any atom is -0.379 e. The topological polar surface area (TPSA) is 155 Å². The molecule has 0 aromatic heterocycles. The molecule has 0 radical (unpaired) electrons. The molecule has 3 amide bonds. The first kappa shape index (κ1) is 55.9. The third-order valence-corrected chi connectivity index (χ3v) is 11.3. The van der Waals surface area contributed by atoms with Crippen molar-refractivity contribution in [1.82, 2.24) is 21.3 Å². The first-order chi connectivity index (χ1) is 29.0. The fraction of sp³-hybridized carbons (Fsp3) is 0.894. The van der Waals surface area contributed by atoms with Crippen LogP contribution in [0.25, 0.3) is 0 Å². The Hall–Kier alpha value is -2.13. The lowest BCUT2D eigenvalue weighted by molar-refractivity contribution is -0.123. The molecule has 1 aliphatic rings. The number of nitrogens with one attached hydrogen (secondary N) is 4. The number of carbonyl (C=O) groups is 3. The van der Waals surface area contributed by atoms with Gasteiger partial charge < -0.3 is 49.7 Å². The summed E-state index contributed by atoms with van der Waals surface area (Å²) in [6, 6.07) is -0.254. The number of allylic oxidation sites excluding steroid dienone is 2. The van der Waals surface area contributed by atoms with Crippen LogP contribution >= 0.6 is 0 Å². The Bertz CT molecular complexity index is 1120. The molecule has 13 heteroatoms. The molecule has 0 saturated carbocycles. The number of amides is 3. The smallest absolute Gasteiger partial charge is 0.237 e. The fourth-order valence-corrected chi connectivity index (χ4v) is 7.57. The molecule has 1 aliphatic carbocycles. The standard InChI is InChI=1S/C47H90N4O9/c1-8-26-55-30-34-59-37-33-58-29-21-44(52)49-24-13-27-56-31-35-60-36-32-57-28-14-25-51-46(54)43(48-7)18-9-10-23-50-45(53)38-40(3)16-11-15-39(2)19-20-42-41(4)17-12-22-47(42,5)6/h39-40,43,48H,8-38H2,1-7H3,(H,49,52)(H,50,53)(H,51,54)/t39?,40?,43-/m0/s1. The second-order valence-corrected chi connectivity index (χ2v) is 17.3. The average Bonchev–Trinajstić information content (AvgIpc) is 3.20. The number of hydrogen-bond acceptors (Lipinski definition) is 10. The largest absolute Gasteiger partial charge is 0.379 e. The summed E-state index contributed by atoms with van der Waals surface area (Å²) in [5, 5.41) is 12.1. The van der Waals surface area contributed by atoms with E-state index in [1.165, 1.54) is 44.9 Å². The van der Waals surface area contributed by atoms with Gasteiger partial charge in [0.2, 0.25) is 17.7 Å². The number of rotatable bonds is 41. The normalized spacial score (nSPS) is 15.4. The molecule has 2 unspecified atom stereocenters. The second kappa shape index (κ2) is 37.4. The van der Waals surface area contributed by atoms with Crippen LogP contribution in [-0.4, -0.2) is 130 Å². The van der Waals surface area contributed by atoms with Crippen molar-refractivity contribution in [2.45, 2.75) is 150 Å². The first-order valence-corrected chi connectivity index (χ1v) is 23.6. The van der Waals surface area contributed by atoms with Gasteiger partial charge in [0.05, 0.1) is 65.5 Å². The molecule has 0 saturated heterocycles. The van der Waals surface area contributed by atoms with Gasteiger partial charge in [-0.05, 0) is 102 Å². The molecular weight excluding hydrogens is 765 g/mol. The SMILES string of the molecule is CCCOCCOCCOCCC(=O)NCCCOCCOCCOCCCNC(=O)[C@H](CCCCNC(=O)CC(C)CCCC(C)CCC1=C(C)CCCC1(C)C)NC. The van der Waals surface area contributed by atoms with Gasteiger partial charge in [-0.3, -0.25) is 14.4 Å². The van der Waals surface area contributed by atoms with Crippen LogP contribution in [0.2, 0.25) is 0 Å². The molecule has 3 atom stereocenters. The van der Waals surface area contributed by atoms with Crippen molar-refractivity contribution in [3.63, 3.8) is 0 Å². The van der Waals surface area contributed by atoms with E-state index in [2.05, 4.69) is 62.8 Å². The Labute approximate surface area is 365 Å². The van der Waals surface area contributed by atoms with E-state index < -0.39 is 0 Å². The van der Waals surface area contributed by atoms with Gasteiger partial charge in [0, 0.05) is 52.3 Å². The highest BCUT2D eigenvalue weighted by atomic mass is 16.5. The van der Waals surface area contributed by atoms with E-state index in [4.69, 9.17) is 28.4 Å². The van der Waals surface area contributed by atoms with Crippen molar-refractivity contribution in [1.29, 1.82) is 0 Å². The van der Waals surface area contributed by atoms with E-state index in [0.717, 1.165) is 57.5 Å². The number of carbonyl (C=O) groups excluding carboxylic acids is 3. The van der Waals surface area contributed by atoms with Crippen molar-refractivity contribution in [2.75, 3.05) is 106 Å². The van der Waals surface area contributed by atoms with Crippen LogP contribution in [-0.2, 0) is 42.8 Å². The van der Waals surface area contributed by atoms with E-state index in [9.17, 15) is 14.4 Å². The Morgan fingerprint density at radius 3 is 1.75 bits per heavy atom. The molecule has 0 aromatic carbocycles. The lowest BCUT2D eigenvalue weighted by Crippen LogP contribution is -2.43. The lowest BCUT2D eigenvalue weighted by Gasteiger charge is -2.35. The molecule has 1 rings (SSSR count). The summed E-state index contributed by atoms with van der Waals surface area (Å²) in [5.74, 6) is 1.20. The van der Waals surface area contributed by atoms with Gasteiger partial charge in [0.25, 0.3) is 0 Å². The summed E-state index contributed by atoms with van der Waals surface area (Å²) in [6.07, 6.45) is 15.7. The Balaban J connectivity index is 1.91. The third-order valence-electron chi connectivity index (χ3n) is 11.3. The Morgan fingerprint density at radius 1 is 0.617 bits per heavy atom. The van der Waals surface area contributed by atoms with Gasteiger partial charge in [0.15, 0.2) is 0 Å². The van der Waals surface area contributed by atoms with Crippen molar-refractivity contribution >= 4 is 17.7 Å². The number of unbranched alkanes of at least 4 members (excludes halogenated alkanes) is 1. The summed E-state index contributed by atoms with van der Waals surface area (Å²) < 4.78 is 32.9. The molecule has 352 valence electrons. The van der Waals surface area contributed by atoms with Crippen molar-refractivity contribution < 1.29 is 42.8 Å². The van der Waals surface area contributed by atoms with Crippen LogP contribution in [0.5, 0.6) is 0 Å². The van der Waals surface area contributed by atoms with Gasteiger partial charge in [-0.2, -0.15) is 0 Å². The number of likely N-dealkylation sites (N-methyl/N-ethyl adjacent to an activating group) is 1. The van der Waals surface area contributed by atoms with E-state index >= 15 is 0 Å². The van der Waals surface area contributed by atoms with Crippen molar-refractivity contribution in [2.24, 2.45) is 17.3 Å². The van der Waals surface area contributed by atoms with Crippen LogP contribution in [0.1, 0.15) is 144 Å². The molecule has 0 aromatic rings. The summed E-state index contributed by atoms with van der Waals surface area (Å²) in [4.78, 5) is 37.1. The Morgan fingerprint density at radius 2 is 1.15 bits per heavy atom. The maximum absolute atomic E-state index is 12.6. The summed E-state index contributed by atoms with van der Waals surface area (Å²) in [7, 11) is 1.81. The number of ether oxygens (including phenoxy) is 6. The van der Waals surface area contributed by atoms with Gasteiger partial charge >= 0.3 is 0 Å². The van der Waals surface area contributed by atoms with Crippen LogP contribution in [0.4, 0.5) is 0 Å². The Kier molecular flexibility index (Phi) is 34.9. The highest BCUT2D eigenvalue weighted by Crippen LogP contribution is 2.43. The molecular formula is C47H90N4O9. The van der Waals surface area contributed by atoms with Crippen molar-refractivity contribution in [3.8, 4) is 0 Å². The van der Waals surface area contributed by atoms with E-state index in [-0.39, 0.29) is 23.8 Å². The van der Waals surface area contributed by atoms with E-state index in [0.29, 0.717) is 116 Å². The maximum Gasteiger partial charge on any atom is 0.237 e. The van der Waals surface area contributed by atoms with Crippen LogP contribution in [0, 0.1) is 17.3 Å². The molecule has 4 N–H and O–H groups in total. The zero-order valence-electron chi connectivity index (χ0n) is 39.3. The quantitative estimate of drug-likeness (QED) is 0.0377. The van der Waals surface area contributed by atoms with Gasteiger partial charge in [-0.15, -0.1) is 0 Å². The third kappa shape index (κ3) is 30.8. The molecule has 0 spiro atoms. The summed E-state index contributed by atoms with van der Waals surface area (Å²) >= 11 is 0. The van der Waals surface area contributed by atoms with Gasteiger partial charge in [0.1, 0.15) is 0 Å². The van der Waals surface area contributed by atoms with E-state index in [1.54, 1.807) is 11.1 Å². The highest BCUT2D eigenvalue weighted by Gasteiger charge is 2.28. The highest BCUT2D eigenvalue weighted by molar-refractivity contribution is 5.81. The minimum atomic E-state index is -0.254. The molecule has 0 bridgehead atoms. The lowest BCUT2D eigenvalue weighted by atomic mass is 9.70. The molecule has 0 aliphatic heterocycles. The summed E-state index contributed by atoms with van der Waals surface area (Å²) in [5.41, 5.74) is 3.71. The van der Waals surface area contributed by atoms with Crippen LogP contribution < -0.4 is 21.3 Å². The first-order valence-electron chi connectivity index (χ1n) is 23.6. The second-order valence-electron chi connectivity index (χ2n) is 17.3. The molecule has 0 fully saturated rings. The minimum absolute atomic E-state index is 0.00733. The zero-order valence-corrected chi connectivity index (χ0v) is 39.3. The van der Waals surface area contributed by atoms with E-state index in [1.807, 2.05) is 7.05 Å².